The van der Waals surface area contributed by atoms with Crippen LogP contribution in [-0.4, -0.2) is 30.3 Å². The Labute approximate surface area is 107 Å². The average Bonchev–Trinajstić information content (AvgIpc) is 2.32. The molecule has 0 aliphatic carbocycles. The van der Waals surface area contributed by atoms with E-state index in [0.29, 0.717) is 19.4 Å². The van der Waals surface area contributed by atoms with Crippen LogP contribution in [0.3, 0.4) is 0 Å². The van der Waals surface area contributed by atoms with Crippen LogP contribution in [0, 0.1) is 17.1 Å². The largest absolute Gasteiger partial charge is 0.298 e. The molecule has 0 bridgehead atoms. The molecule has 0 aliphatic rings. The Morgan fingerprint density at radius 2 is 2.06 bits per heavy atom. The average molecular weight is 248 g/mol. The van der Waals surface area contributed by atoms with Gasteiger partial charge in [0.25, 0.3) is 0 Å². The Kier molecular flexibility index (Phi) is 5.47. The number of likely N-dealkylation sites (N-methyl/N-ethyl adjacent to an activating group) is 1. The summed E-state index contributed by atoms with van der Waals surface area (Å²) in [5, 5.41) is 8.58. The molecule has 0 N–H and O–H groups in total. The van der Waals surface area contributed by atoms with Gasteiger partial charge in [0.05, 0.1) is 19.0 Å². The van der Waals surface area contributed by atoms with Gasteiger partial charge < -0.3 is 0 Å². The molecule has 1 unspecified atom stereocenters. The lowest BCUT2D eigenvalue weighted by Gasteiger charge is -2.21. The molecule has 1 atom stereocenters. The molecule has 0 fully saturated rings. The van der Waals surface area contributed by atoms with Crippen molar-refractivity contribution >= 4 is 5.78 Å². The van der Waals surface area contributed by atoms with Crippen LogP contribution in [0.4, 0.5) is 4.39 Å². The summed E-state index contributed by atoms with van der Waals surface area (Å²) < 4.78 is 12.7. The van der Waals surface area contributed by atoms with E-state index in [4.69, 9.17) is 5.26 Å². The van der Waals surface area contributed by atoms with Crippen molar-refractivity contribution in [2.75, 3.05) is 13.6 Å². The number of carbonyl (C=O) groups is 1. The van der Waals surface area contributed by atoms with Crippen LogP contribution in [0.2, 0.25) is 0 Å². The van der Waals surface area contributed by atoms with Crippen LogP contribution >= 0.6 is 0 Å². The van der Waals surface area contributed by atoms with E-state index in [1.165, 1.54) is 12.1 Å². The topological polar surface area (TPSA) is 44.1 Å². The summed E-state index contributed by atoms with van der Waals surface area (Å²) in [5.41, 5.74) is 0.808. The highest BCUT2D eigenvalue weighted by molar-refractivity contribution is 5.82. The number of halogens is 1. The van der Waals surface area contributed by atoms with E-state index in [-0.39, 0.29) is 17.6 Å². The highest BCUT2D eigenvalue weighted by Gasteiger charge is 2.13. The molecular formula is C14H17FN2O. The number of nitrogens with zero attached hydrogens (tertiary/aromatic N) is 2. The first-order chi connectivity index (χ1) is 8.52. The van der Waals surface area contributed by atoms with Crippen LogP contribution in [0.15, 0.2) is 24.3 Å². The van der Waals surface area contributed by atoms with Crippen LogP contribution in [0.1, 0.15) is 18.9 Å². The normalized spacial score (nSPS) is 12.2. The summed E-state index contributed by atoms with van der Waals surface area (Å²) in [6, 6.07) is 8.08. The van der Waals surface area contributed by atoms with Crippen LogP contribution in [0.25, 0.3) is 0 Å². The number of nitriles is 1. The SMILES string of the molecule is CC(CC#N)N(C)CC(=O)Cc1ccc(F)cc1. The molecule has 0 radical (unpaired) electrons. The van der Waals surface area contributed by atoms with Gasteiger partial charge in [0, 0.05) is 12.5 Å². The minimum atomic E-state index is -0.300. The van der Waals surface area contributed by atoms with Gasteiger partial charge >= 0.3 is 0 Å². The van der Waals surface area contributed by atoms with Gasteiger partial charge in [-0.1, -0.05) is 12.1 Å². The number of hydrogen-bond donors (Lipinski definition) is 0. The predicted octanol–water partition coefficient (Wildman–Crippen LogP) is 2.17. The van der Waals surface area contributed by atoms with Gasteiger partial charge in [-0.25, -0.2) is 4.39 Å². The fraction of sp³-hybridized carbons (Fsp3) is 0.429. The van der Waals surface area contributed by atoms with Crippen molar-refractivity contribution in [2.24, 2.45) is 0 Å². The Morgan fingerprint density at radius 1 is 1.44 bits per heavy atom. The van der Waals surface area contributed by atoms with Crippen LogP contribution in [-0.2, 0) is 11.2 Å². The highest BCUT2D eigenvalue weighted by atomic mass is 19.1. The second-order valence-corrected chi connectivity index (χ2v) is 4.47. The Balaban J connectivity index is 2.47. The minimum Gasteiger partial charge on any atom is -0.298 e. The minimum absolute atomic E-state index is 0.0622. The molecule has 1 rings (SSSR count). The van der Waals surface area contributed by atoms with Gasteiger partial charge in [-0.15, -0.1) is 0 Å². The molecule has 1 aromatic carbocycles. The molecule has 1 aromatic rings. The monoisotopic (exact) mass is 248 g/mol. The van der Waals surface area contributed by atoms with Gasteiger partial charge in [0.1, 0.15) is 5.82 Å². The standard InChI is InChI=1S/C14H17FN2O/c1-11(7-8-16)17(2)10-14(18)9-12-3-5-13(15)6-4-12/h3-6,11H,7,9-10H2,1-2H3. The van der Waals surface area contributed by atoms with E-state index in [9.17, 15) is 9.18 Å². The maximum Gasteiger partial charge on any atom is 0.151 e. The van der Waals surface area contributed by atoms with Crippen molar-refractivity contribution in [3.05, 3.63) is 35.6 Å². The lowest BCUT2D eigenvalue weighted by atomic mass is 10.1. The Bertz CT molecular complexity index is 436. The zero-order valence-electron chi connectivity index (χ0n) is 10.7. The van der Waals surface area contributed by atoms with Crippen molar-refractivity contribution in [1.82, 2.24) is 4.90 Å². The van der Waals surface area contributed by atoms with Crippen molar-refractivity contribution in [3.63, 3.8) is 0 Å². The molecule has 0 spiro atoms. The van der Waals surface area contributed by atoms with Gasteiger partial charge in [0.15, 0.2) is 5.78 Å². The van der Waals surface area contributed by atoms with Crippen molar-refractivity contribution < 1.29 is 9.18 Å². The summed E-state index contributed by atoms with van der Waals surface area (Å²) in [7, 11) is 1.82. The maximum atomic E-state index is 12.7. The van der Waals surface area contributed by atoms with Gasteiger partial charge in [-0.2, -0.15) is 5.26 Å². The van der Waals surface area contributed by atoms with Crippen molar-refractivity contribution in [3.8, 4) is 6.07 Å². The number of rotatable bonds is 6. The molecule has 96 valence electrons. The maximum absolute atomic E-state index is 12.7. The van der Waals surface area contributed by atoms with E-state index in [2.05, 4.69) is 6.07 Å². The predicted molar refractivity (Wildman–Crippen MR) is 67.4 cm³/mol. The van der Waals surface area contributed by atoms with Gasteiger partial charge in [-0.3, -0.25) is 9.69 Å². The van der Waals surface area contributed by atoms with Crippen molar-refractivity contribution in [1.29, 1.82) is 5.26 Å². The van der Waals surface area contributed by atoms with Gasteiger partial charge in [0.2, 0.25) is 0 Å². The fourth-order valence-electron chi connectivity index (χ4n) is 1.61. The molecule has 0 saturated carbocycles. The van der Waals surface area contributed by atoms with E-state index < -0.39 is 0 Å². The molecule has 0 heterocycles. The molecule has 3 nitrogen and oxygen atoms in total. The second kappa shape index (κ2) is 6.87. The summed E-state index contributed by atoms with van der Waals surface area (Å²) >= 11 is 0. The first-order valence-corrected chi connectivity index (χ1v) is 5.86. The summed E-state index contributed by atoms with van der Waals surface area (Å²) in [4.78, 5) is 13.7. The zero-order chi connectivity index (χ0) is 13.5. The zero-order valence-corrected chi connectivity index (χ0v) is 10.7. The Morgan fingerprint density at radius 3 is 2.61 bits per heavy atom. The molecule has 0 saturated heterocycles. The molecule has 0 amide bonds. The fourth-order valence-corrected chi connectivity index (χ4v) is 1.61. The quantitative estimate of drug-likeness (QED) is 0.775. The molecular weight excluding hydrogens is 231 g/mol. The molecule has 18 heavy (non-hydrogen) atoms. The van der Waals surface area contributed by atoms with E-state index in [1.807, 2.05) is 18.9 Å². The highest BCUT2D eigenvalue weighted by Crippen LogP contribution is 2.06. The number of carbonyl (C=O) groups excluding carboxylic acids is 1. The summed E-state index contributed by atoms with van der Waals surface area (Å²) in [6.45, 7) is 2.22. The van der Waals surface area contributed by atoms with E-state index >= 15 is 0 Å². The van der Waals surface area contributed by atoms with E-state index in [1.54, 1.807) is 12.1 Å². The number of Topliss-reactive ketones (excluding diaryl/α,β-unsaturated/α-hetero) is 1. The van der Waals surface area contributed by atoms with Crippen LogP contribution in [0.5, 0.6) is 0 Å². The smallest absolute Gasteiger partial charge is 0.151 e. The third-order valence-corrected chi connectivity index (χ3v) is 2.88. The lowest BCUT2D eigenvalue weighted by Crippen LogP contribution is -2.34. The first kappa shape index (κ1) is 14.3. The Hall–Kier alpha value is -1.73. The third kappa shape index (κ3) is 4.64. The lowest BCUT2D eigenvalue weighted by molar-refractivity contribution is -0.119. The summed E-state index contributed by atoms with van der Waals surface area (Å²) in [5.74, 6) is -0.236. The molecule has 0 aromatic heterocycles. The van der Waals surface area contributed by atoms with E-state index in [0.717, 1.165) is 5.56 Å². The number of hydrogen-bond acceptors (Lipinski definition) is 3. The van der Waals surface area contributed by atoms with Crippen LogP contribution < -0.4 is 0 Å². The molecule has 4 heteroatoms. The number of benzene rings is 1. The summed E-state index contributed by atoms with van der Waals surface area (Å²) in [6.07, 6.45) is 0.699. The molecule has 0 aliphatic heterocycles. The third-order valence-electron chi connectivity index (χ3n) is 2.88. The first-order valence-electron chi connectivity index (χ1n) is 5.86. The second-order valence-electron chi connectivity index (χ2n) is 4.47. The van der Waals surface area contributed by atoms with Gasteiger partial charge in [-0.05, 0) is 31.7 Å². The van der Waals surface area contributed by atoms with Crippen molar-refractivity contribution in [2.45, 2.75) is 25.8 Å². The number of ketones is 1.